The van der Waals surface area contributed by atoms with Gasteiger partial charge in [-0.3, -0.25) is 19.7 Å². The van der Waals surface area contributed by atoms with Crippen LogP contribution in [0.15, 0.2) is 52.7 Å². The van der Waals surface area contributed by atoms with Crippen LogP contribution in [0.5, 0.6) is 0 Å². The first-order valence-electron chi connectivity index (χ1n) is 9.73. The fourth-order valence-electron chi connectivity index (χ4n) is 2.74. The standard InChI is InChI=1S/C20H20N10O4/c1-10-3-8-14(15(9-10)30(33)34)28-29-16(11(2)31)17(32)23-12-4-6-13(7-5-12)24-20-26-18(21)25-19(22)27-20/h3-9,16H,1-2H3,(H,23,32)(H5,21,22,24,25,26,27). The van der Waals surface area contributed by atoms with E-state index >= 15 is 0 Å². The van der Waals surface area contributed by atoms with Crippen molar-refractivity contribution in [1.29, 1.82) is 0 Å². The summed E-state index contributed by atoms with van der Waals surface area (Å²) in [5, 5.41) is 24.2. The van der Waals surface area contributed by atoms with Gasteiger partial charge < -0.3 is 22.1 Å². The van der Waals surface area contributed by atoms with E-state index in [4.69, 9.17) is 11.5 Å². The molecule has 1 heterocycles. The Hall–Kier alpha value is -5.01. The summed E-state index contributed by atoms with van der Waals surface area (Å²) in [4.78, 5) is 46.7. The first-order chi connectivity index (χ1) is 16.1. The zero-order valence-electron chi connectivity index (χ0n) is 18.1. The predicted octanol–water partition coefficient (Wildman–Crippen LogP) is 2.68. The van der Waals surface area contributed by atoms with Crippen molar-refractivity contribution in [2.75, 3.05) is 22.1 Å². The van der Waals surface area contributed by atoms with Crippen molar-refractivity contribution >= 4 is 52.3 Å². The molecule has 1 aromatic heterocycles. The minimum atomic E-state index is -1.49. The van der Waals surface area contributed by atoms with Gasteiger partial charge >= 0.3 is 0 Å². The van der Waals surface area contributed by atoms with Crippen LogP contribution >= 0.6 is 0 Å². The van der Waals surface area contributed by atoms with Gasteiger partial charge in [-0.25, -0.2) is 0 Å². The van der Waals surface area contributed by atoms with Crippen molar-refractivity contribution in [3.05, 3.63) is 58.1 Å². The smallest absolute Gasteiger partial charge is 0.296 e. The molecular weight excluding hydrogens is 444 g/mol. The molecule has 0 spiro atoms. The topological polar surface area (TPSA) is 217 Å². The number of aromatic nitrogens is 3. The minimum absolute atomic E-state index is 0.0423. The number of rotatable bonds is 8. The number of Topliss-reactive ketones (excluding diaryl/α,β-unsaturated/α-hetero) is 1. The molecule has 14 heteroatoms. The Morgan fingerprint density at radius 3 is 2.24 bits per heavy atom. The average Bonchev–Trinajstić information content (AvgIpc) is 2.75. The van der Waals surface area contributed by atoms with Gasteiger partial charge in [-0.05, 0) is 49.7 Å². The number of nitrogens with two attached hydrogens (primary N) is 2. The Morgan fingerprint density at radius 2 is 1.65 bits per heavy atom. The summed E-state index contributed by atoms with van der Waals surface area (Å²) < 4.78 is 0. The molecule has 0 saturated heterocycles. The molecule has 0 radical (unpaired) electrons. The molecule has 1 amide bonds. The lowest BCUT2D eigenvalue weighted by Gasteiger charge is -2.11. The molecule has 0 aliphatic carbocycles. The number of aryl methyl sites for hydroxylation is 1. The summed E-state index contributed by atoms with van der Waals surface area (Å²) in [6.07, 6.45) is 0. The van der Waals surface area contributed by atoms with Crippen LogP contribution in [-0.4, -0.2) is 37.6 Å². The van der Waals surface area contributed by atoms with Crippen LogP contribution in [0.4, 0.5) is 40.6 Å². The second-order valence-electron chi connectivity index (χ2n) is 7.04. The predicted molar refractivity (Wildman–Crippen MR) is 124 cm³/mol. The number of ketones is 1. The molecule has 3 rings (SSSR count). The highest BCUT2D eigenvalue weighted by Crippen LogP contribution is 2.28. The number of nitro groups is 1. The summed E-state index contributed by atoms with van der Waals surface area (Å²) in [7, 11) is 0. The normalized spacial score (nSPS) is 11.7. The zero-order valence-corrected chi connectivity index (χ0v) is 18.1. The summed E-state index contributed by atoms with van der Waals surface area (Å²) in [5.41, 5.74) is 12.3. The number of carbonyl (C=O) groups is 2. The van der Waals surface area contributed by atoms with Gasteiger partial charge in [0.2, 0.25) is 23.9 Å². The van der Waals surface area contributed by atoms with Crippen molar-refractivity contribution in [3.8, 4) is 0 Å². The fourth-order valence-corrected chi connectivity index (χ4v) is 2.74. The molecule has 1 unspecified atom stereocenters. The SMILES string of the molecule is CC(=O)C(N=Nc1ccc(C)cc1[N+](=O)[O-])C(=O)Nc1ccc(Nc2nc(N)nc(N)n2)cc1. The summed E-state index contributed by atoms with van der Waals surface area (Å²) >= 11 is 0. The maximum atomic E-state index is 12.6. The number of hydrogen-bond donors (Lipinski definition) is 4. The second kappa shape index (κ2) is 10.1. The maximum Gasteiger partial charge on any atom is 0.296 e. The van der Waals surface area contributed by atoms with E-state index in [2.05, 4.69) is 35.8 Å². The van der Waals surface area contributed by atoms with Crippen molar-refractivity contribution in [2.45, 2.75) is 19.9 Å². The Balaban J connectivity index is 1.72. The van der Waals surface area contributed by atoms with E-state index in [0.29, 0.717) is 16.9 Å². The average molecular weight is 464 g/mol. The molecule has 34 heavy (non-hydrogen) atoms. The van der Waals surface area contributed by atoms with E-state index in [-0.39, 0.29) is 29.2 Å². The molecular formula is C20H20N10O4. The third-order valence-corrected chi connectivity index (χ3v) is 4.32. The van der Waals surface area contributed by atoms with Crippen molar-refractivity contribution in [1.82, 2.24) is 15.0 Å². The van der Waals surface area contributed by atoms with Crippen LogP contribution in [0, 0.1) is 17.0 Å². The minimum Gasteiger partial charge on any atom is -0.368 e. The summed E-state index contributed by atoms with van der Waals surface area (Å²) in [5.74, 6) is -1.27. The molecule has 3 aromatic rings. The number of nitrogens with one attached hydrogen (secondary N) is 2. The molecule has 174 valence electrons. The Labute approximate surface area is 192 Å². The number of carbonyl (C=O) groups excluding carboxylic acids is 2. The van der Waals surface area contributed by atoms with E-state index in [1.165, 1.54) is 19.1 Å². The Kier molecular flexibility index (Phi) is 7.01. The van der Waals surface area contributed by atoms with Crippen LogP contribution in [0.1, 0.15) is 12.5 Å². The number of azo groups is 1. The quantitative estimate of drug-likeness (QED) is 0.165. The highest BCUT2D eigenvalue weighted by Gasteiger charge is 2.24. The first-order valence-corrected chi connectivity index (χ1v) is 9.73. The molecule has 0 aliphatic heterocycles. The molecule has 2 aromatic carbocycles. The van der Waals surface area contributed by atoms with Gasteiger partial charge in [-0.1, -0.05) is 6.07 Å². The molecule has 6 N–H and O–H groups in total. The number of nitro benzene ring substituents is 1. The van der Waals surface area contributed by atoms with Crippen LogP contribution < -0.4 is 22.1 Å². The summed E-state index contributed by atoms with van der Waals surface area (Å²) in [6.45, 7) is 2.86. The van der Waals surface area contributed by atoms with Crippen molar-refractivity contribution < 1.29 is 14.5 Å². The van der Waals surface area contributed by atoms with Gasteiger partial charge in [-0.2, -0.15) is 20.1 Å². The van der Waals surface area contributed by atoms with Crippen LogP contribution in [0.2, 0.25) is 0 Å². The van der Waals surface area contributed by atoms with E-state index in [0.717, 1.165) is 0 Å². The molecule has 0 fully saturated rings. The van der Waals surface area contributed by atoms with E-state index < -0.39 is 22.7 Å². The second-order valence-corrected chi connectivity index (χ2v) is 7.04. The van der Waals surface area contributed by atoms with Gasteiger partial charge in [-0.15, -0.1) is 5.11 Å². The van der Waals surface area contributed by atoms with Crippen LogP contribution in [0.3, 0.4) is 0 Å². The number of benzene rings is 2. The monoisotopic (exact) mass is 464 g/mol. The molecule has 14 nitrogen and oxygen atoms in total. The van der Waals surface area contributed by atoms with Gasteiger partial charge in [0.25, 0.3) is 11.6 Å². The largest absolute Gasteiger partial charge is 0.368 e. The lowest BCUT2D eigenvalue weighted by Crippen LogP contribution is -2.31. The lowest BCUT2D eigenvalue weighted by molar-refractivity contribution is -0.384. The van der Waals surface area contributed by atoms with Crippen LogP contribution in [0.25, 0.3) is 0 Å². The first kappa shape index (κ1) is 23.6. The third-order valence-electron chi connectivity index (χ3n) is 4.32. The third kappa shape index (κ3) is 6.03. The zero-order chi connectivity index (χ0) is 24.8. The number of nitrogen functional groups attached to an aromatic ring is 2. The van der Waals surface area contributed by atoms with E-state index in [9.17, 15) is 19.7 Å². The molecule has 0 saturated carbocycles. The number of nitrogens with zero attached hydrogens (tertiary/aromatic N) is 6. The van der Waals surface area contributed by atoms with Crippen molar-refractivity contribution in [3.63, 3.8) is 0 Å². The highest BCUT2D eigenvalue weighted by molar-refractivity contribution is 6.10. The fraction of sp³-hybridized carbons (Fsp3) is 0.150. The number of anilines is 5. The van der Waals surface area contributed by atoms with E-state index in [1.54, 1.807) is 37.3 Å². The molecule has 0 bridgehead atoms. The summed E-state index contributed by atoms with van der Waals surface area (Å²) in [6, 6.07) is 9.20. The Morgan fingerprint density at radius 1 is 1.03 bits per heavy atom. The van der Waals surface area contributed by atoms with Crippen molar-refractivity contribution in [2.24, 2.45) is 10.2 Å². The van der Waals surface area contributed by atoms with Gasteiger partial charge in [0.1, 0.15) is 0 Å². The number of hydrogen-bond acceptors (Lipinski definition) is 12. The van der Waals surface area contributed by atoms with Crippen LogP contribution in [-0.2, 0) is 9.59 Å². The van der Waals surface area contributed by atoms with Gasteiger partial charge in [0.15, 0.2) is 11.5 Å². The van der Waals surface area contributed by atoms with Gasteiger partial charge in [0.05, 0.1) is 4.92 Å². The van der Waals surface area contributed by atoms with E-state index in [1.807, 2.05) is 0 Å². The maximum absolute atomic E-state index is 12.6. The molecule has 1 atom stereocenters. The number of amides is 1. The lowest BCUT2D eigenvalue weighted by atomic mass is 10.2. The highest BCUT2D eigenvalue weighted by atomic mass is 16.6. The Bertz CT molecular complexity index is 1260. The van der Waals surface area contributed by atoms with Gasteiger partial charge in [0, 0.05) is 17.4 Å². The molecule has 0 aliphatic rings.